The smallest absolute Gasteiger partial charge is 0.334 e. The fourth-order valence-electron chi connectivity index (χ4n) is 3.45. The van der Waals surface area contributed by atoms with Crippen LogP contribution in [0, 0.1) is 5.92 Å². The number of anilines is 1. The van der Waals surface area contributed by atoms with Crippen molar-refractivity contribution >= 4 is 35.1 Å². The van der Waals surface area contributed by atoms with Crippen molar-refractivity contribution < 1.29 is 27.6 Å². The fraction of sp³-hybridized carbons (Fsp3) is 0.471. The van der Waals surface area contributed by atoms with Crippen molar-refractivity contribution in [1.82, 2.24) is 10.2 Å². The minimum atomic E-state index is -4.67. The molecule has 0 spiro atoms. The maximum Gasteiger partial charge on any atom is 0.417 e. The largest absolute Gasteiger partial charge is 0.417 e. The molecule has 6 nitrogen and oxygen atoms in total. The van der Waals surface area contributed by atoms with Crippen molar-refractivity contribution in [2.24, 2.45) is 5.92 Å². The monoisotopic (exact) mass is 403 g/mol. The predicted octanol–water partition coefficient (Wildman–Crippen LogP) is 3.41. The lowest BCUT2D eigenvalue weighted by Crippen LogP contribution is -2.61. The Morgan fingerprint density at radius 3 is 2.67 bits per heavy atom. The summed E-state index contributed by atoms with van der Waals surface area (Å²) in [6.07, 6.45) is -1.53. The number of urea groups is 1. The highest BCUT2D eigenvalue weighted by atomic mass is 35.5. The van der Waals surface area contributed by atoms with Crippen molar-refractivity contribution in [3.8, 4) is 0 Å². The summed E-state index contributed by atoms with van der Waals surface area (Å²) in [7, 11) is 0. The number of nitrogens with one attached hydrogen (secondary N) is 2. The third-order valence-corrected chi connectivity index (χ3v) is 5.09. The second-order valence-corrected chi connectivity index (χ2v) is 7.02. The average molecular weight is 404 g/mol. The van der Waals surface area contributed by atoms with E-state index in [1.54, 1.807) is 0 Å². The number of hydrogen-bond acceptors (Lipinski definition) is 3. The van der Waals surface area contributed by atoms with Gasteiger partial charge in [-0.3, -0.25) is 14.5 Å². The van der Waals surface area contributed by atoms with E-state index in [1.807, 2.05) is 0 Å². The van der Waals surface area contributed by atoms with Crippen molar-refractivity contribution in [2.45, 2.75) is 37.9 Å². The first-order chi connectivity index (χ1) is 12.7. The highest BCUT2D eigenvalue weighted by Crippen LogP contribution is 2.36. The van der Waals surface area contributed by atoms with Gasteiger partial charge in [0.25, 0.3) is 0 Å². The lowest BCUT2D eigenvalue weighted by Gasteiger charge is -2.39. The summed E-state index contributed by atoms with van der Waals surface area (Å²) in [4.78, 5) is 37.6. The van der Waals surface area contributed by atoms with Gasteiger partial charge in [0.05, 0.1) is 16.5 Å². The number of imide groups is 1. The van der Waals surface area contributed by atoms with Crippen molar-refractivity contribution in [3.05, 3.63) is 28.8 Å². The Bertz CT molecular complexity index is 784. The lowest BCUT2D eigenvalue weighted by atomic mass is 9.82. The molecule has 4 amide bonds. The summed E-state index contributed by atoms with van der Waals surface area (Å²) in [6, 6.07) is 2.06. The number of fused-ring (bicyclic) bond motifs is 1. The van der Waals surface area contributed by atoms with Crippen LogP contribution in [0.15, 0.2) is 18.2 Å². The minimum absolute atomic E-state index is 0.128. The number of rotatable bonds is 3. The number of benzene rings is 1. The number of halogens is 4. The molecular formula is C17H17ClF3N3O3. The summed E-state index contributed by atoms with van der Waals surface area (Å²) in [6.45, 7) is -0.572. The van der Waals surface area contributed by atoms with Gasteiger partial charge in [-0.2, -0.15) is 13.2 Å². The van der Waals surface area contributed by atoms with Crippen LogP contribution in [0.1, 0.15) is 31.2 Å². The maximum atomic E-state index is 12.9. The van der Waals surface area contributed by atoms with Crippen LogP contribution >= 0.6 is 11.6 Å². The van der Waals surface area contributed by atoms with Gasteiger partial charge in [-0.05, 0) is 31.0 Å². The SMILES string of the molecule is O=C(CN1C(=O)NC2CCCCC2C1=O)Nc1ccc(Cl)c(C(F)(F)F)c1. The summed E-state index contributed by atoms with van der Waals surface area (Å²) >= 11 is 5.54. The zero-order chi connectivity index (χ0) is 19.8. The van der Waals surface area contributed by atoms with E-state index in [4.69, 9.17) is 11.6 Å². The maximum absolute atomic E-state index is 12.9. The van der Waals surface area contributed by atoms with E-state index in [-0.39, 0.29) is 17.6 Å². The molecule has 0 bridgehead atoms. The van der Waals surface area contributed by atoms with Gasteiger partial charge in [0.1, 0.15) is 6.54 Å². The number of alkyl halides is 3. The number of amides is 4. The normalized spacial score (nSPS) is 22.9. The molecule has 27 heavy (non-hydrogen) atoms. The van der Waals surface area contributed by atoms with Gasteiger partial charge in [0, 0.05) is 11.7 Å². The van der Waals surface area contributed by atoms with Gasteiger partial charge in [-0.25, -0.2) is 4.79 Å². The third kappa shape index (κ3) is 4.18. The standard InChI is InChI=1S/C17H17ClF3N3O3/c18-12-6-5-9(7-11(12)17(19,20)21)22-14(25)8-24-15(26)10-3-1-2-4-13(10)23-16(24)27/h5-7,10,13H,1-4,8H2,(H,22,25)(H,23,27). The molecule has 1 aromatic rings. The molecule has 1 saturated carbocycles. The quantitative estimate of drug-likeness (QED) is 0.811. The summed E-state index contributed by atoms with van der Waals surface area (Å²) in [5.74, 6) is -1.56. The van der Waals surface area contributed by atoms with E-state index in [9.17, 15) is 27.6 Å². The average Bonchev–Trinajstić information content (AvgIpc) is 2.59. The summed E-state index contributed by atoms with van der Waals surface area (Å²) in [5.41, 5.74) is -1.21. The topological polar surface area (TPSA) is 78.5 Å². The number of carbonyl (C=O) groups excluding carboxylic acids is 3. The van der Waals surface area contributed by atoms with E-state index >= 15 is 0 Å². The molecule has 2 aliphatic rings. The van der Waals surface area contributed by atoms with Gasteiger partial charge in [0.2, 0.25) is 11.8 Å². The van der Waals surface area contributed by atoms with E-state index in [0.717, 1.165) is 23.8 Å². The molecule has 1 heterocycles. The van der Waals surface area contributed by atoms with E-state index in [0.29, 0.717) is 18.9 Å². The van der Waals surface area contributed by atoms with Crippen molar-refractivity contribution in [3.63, 3.8) is 0 Å². The zero-order valence-electron chi connectivity index (χ0n) is 14.1. The molecule has 2 atom stereocenters. The zero-order valence-corrected chi connectivity index (χ0v) is 14.9. The minimum Gasteiger partial charge on any atom is -0.334 e. The summed E-state index contributed by atoms with van der Waals surface area (Å²) in [5, 5.41) is 4.50. The molecule has 10 heteroatoms. The molecular weight excluding hydrogens is 387 g/mol. The Balaban J connectivity index is 1.69. The molecule has 0 aromatic heterocycles. The van der Waals surface area contributed by atoms with Gasteiger partial charge in [-0.15, -0.1) is 0 Å². The predicted molar refractivity (Wildman–Crippen MR) is 91.1 cm³/mol. The first-order valence-corrected chi connectivity index (χ1v) is 8.83. The van der Waals surface area contributed by atoms with E-state index in [2.05, 4.69) is 10.6 Å². The van der Waals surface area contributed by atoms with Crippen LogP contribution in [0.3, 0.4) is 0 Å². The molecule has 2 unspecified atom stereocenters. The molecule has 1 saturated heterocycles. The number of carbonyl (C=O) groups is 3. The Morgan fingerprint density at radius 2 is 1.96 bits per heavy atom. The first-order valence-electron chi connectivity index (χ1n) is 8.45. The summed E-state index contributed by atoms with van der Waals surface area (Å²) < 4.78 is 38.7. The van der Waals surface area contributed by atoms with Crippen LogP contribution in [-0.2, 0) is 15.8 Å². The Hall–Kier alpha value is -2.29. The first kappa shape index (κ1) is 19.5. The fourth-order valence-corrected chi connectivity index (χ4v) is 3.67. The van der Waals surface area contributed by atoms with Gasteiger partial charge >= 0.3 is 12.2 Å². The molecule has 2 fully saturated rings. The number of hydrogen-bond donors (Lipinski definition) is 2. The molecule has 0 radical (unpaired) electrons. The third-order valence-electron chi connectivity index (χ3n) is 4.76. The second-order valence-electron chi connectivity index (χ2n) is 6.61. The molecule has 1 aliphatic carbocycles. The molecule has 2 N–H and O–H groups in total. The Morgan fingerprint density at radius 1 is 1.26 bits per heavy atom. The molecule has 3 rings (SSSR count). The highest BCUT2D eigenvalue weighted by molar-refractivity contribution is 6.31. The second kappa shape index (κ2) is 7.38. The molecule has 146 valence electrons. The molecule has 1 aromatic carbocycles. The van der Waals surface area contributed by atoms with Crippen LogP contribution in [0.25, 0.3) is 0 Å². The van der Waals surface area contributed by atoms with Gasteiger partial charge in [0.15, 0.2) is 0 Å². The number of nitrogens with zero attached hydrogens (tertiary/aromatic N) is 1. The van der Waals surface area contributed by atoms with Gasteiger partial charge < -0.3 is 10.6 Å². The van der Waals surface area contributed by atoms with Crippen LogP contribution < -0.4 is 10.6 Å². The van der Waals surface area contributed by atoms with Crippen LogP contribution in [-0.4, -0.2) is 35.3 Å². The van der Waals surface area contributed by atoms with Gasteiger partial charge in [-0.1, -0.05) is 24.4 Å². The van der Waals surface area contributed by atoms with E-state index < -0.39 is 41.2 Å². The highest BCUT2D eigenvalue weighted by Gasteiger charge is 2.42. The van der Waals surface area contributed by atoms with Crippen LogP contribution in [0.2, 0.25) is 5.02 Å². The van der Waals surface area contributed by atoms with Crippen molar-refractivity contribution in [2.75, 3.05) is 11.9 Å². The Labute approximate surface area is 158 Å². The lowest BCUT2D eigenvalue weighted by molar-refractivity contribution is -0.139. The van der Waals surface area contributed by atoms with E-state index in [1.165, 1.54) is 6.07 Å². The molecule has 1 aliphatic heterocycles. The van der Waals surface area contributed by atoms with Crippen molar-refractivity contribution in [1.29, 1.82) is 0 Å². The van der Waals surface area contributed by atoms with Crippen LogP contribution in [0.4, 0.5) is 23.7 Å². The van der Waals surface area contributed by atoms with Crippen LogP contribution in [0.5, 0.6) is 0 Å². The Kier molecular flexibility index (Phi) is 5.32.